The summed E-state index contributed by atoms with van der Waals surface area (Å²) in [5.74, 6) is 0.940. The van der Waals surface area contributed by atoms with Crippen LogP contribution >= 0.6 is 11.6 Å². The van der Waals surface area contributed by atoms with E-state index in [4.69, 9.17) is 16.3 Å². The fourth-order valence-electron chi connectivity index (χ4n) is 1.96. The molecule has 1 fully saturated rings. The third-order valence-corrected chi connectivity index (χ3v) is 3.59. The Labute approximate surface area is 129 Å². The highest BCUT2D eigenvalue weighted by molar-refractivity contribution is 6.30. The fourth-order valence-corrected chi connectivity index (χ4v) is 2.14. The summed E-state index contributed by atoms with van der Waals surface area (Å²) < 4.78 is 5.44. The van der Waals surface area contributed by atoms with Gasteiger partial charge in [0.05, 0.1) is 13.1 Å². The van der Waals surface area contributed by atoms with Crippen LogP contribution in [0.25, 0.3) is 0 Å². The Balaban J connectivity index is 1.56. The molecule has 2 atom stereocenters. The van der Waals surface area contributed by atoms with Crippen LogP contribution in [0.5, 0.6) is 5.75 Å². The molecule has 0 spiro atoms. The third kappa shape index (κ3) is 5.27. The van der Waals surface area contributed by atoms with E-state index in [9.17, 15) is 9.59 Å². The van der Waals surface area contributed by atoms with Crippen LogP contribution in [0.1, 0.15) is 13.3 Å². The molecule has 1 aromatic rings. The summed E-state index contributed by atoms with van der Waals surface area (Å²) in [6, 6.07) is 7.06. The molecule has 6 heteroatoms. The Morgan fingerprint density at radius 1 is 1.38 bits per heavy atom. The highest BCUT2D eigenvalue weighted by Gasteiger charge is 2.38. The summed E-state index contributed by atoms with van der Waals surface area (Å²) in [5, 5.41) is 5.92. The van der Waals surface area contributed by atoms with Gasteiger partial charge in [-0.15, -0.1) is 0 Å². The fraction of sp³-hybridized carbons (Fsp3) is 0.467. The number of nitrogens with one attached hydrogen (secondary N) is 2. The van der Waals surface area contributed by atoms with E-state index in [2.05, 4.69) is 10.6 Å². The van der Waals surface area contributed by atoms with Crippen molar-refractivity contribution >= 4 is 23.4 Å². The van der Waals surface area contributed by atoms with E-state index in [0.717, 1.165) is 6.42 Å². The van der Waals surface area contributed by atoms with Crippen LogP contribution in [0.4, 0.5) is 0 Å². The molecule has 0 bridgehead atoms. The van der Waals surface area contributed by atoms with Crippen LogP contribution in [-0.4, -0.2) is 31.5 Å². The summed E-state index contributed by atoms with van der Waals surface area (Å²) in [5.41, 5.74) is 0. The van der Waals surface area contributed by atoms with E-state index in [1.807, 2.05) is 6.92 Å². The molecule has 2 rings (SSSR count). The van der Waals surface area contributed by atoms with Gasteiger partial charge in [0, 0.05) is 10.9 Å². The number of carbonyl (C=O) groups excluding carboxylic acids is 2. The SMILES string of the molecule is C[C@@H]1C[C@H]1C(=O)NCC(=O)NCCOc1cccc(Cl)c1. The first-order valence-electron chi connectivity index (χ1n) is 6.99. The first-order valence-corrected chi connectivity index (χ1v) is 7.37. The number of carbonyl (C=O) groups is 2. The minimum Gasteiger partial charge on any atom is -0.492 e. The van der Waals surface area contributed by atoms with Crippen molar-refractivity contribution in [2.24, 2.45) is 11.8 Å². The highest BCUT2D eigenvalue weighted by Crippen LogP contribution is 2.37. The Morgan fingerprint density at radius 2 is 2.14 bits per heavy atom. The predicted octanol–water partition coefficient (Wildman–Crippen LogP) is 1.61. The molecule has 0 aromatic heterocycles. The predicted molar refractivity (Wildman–Crippen MR) is 80.2 cm³/mol. The van der Waals surface area contributed by atoms with E-state index in [1.165, 1.54) is 0 Å². The number of rotatable bonds is 7. The van der Waals surface area contributed by atoms with Gasteiger partial charge in [0.2, 0.25) is 11.8 Å². The molecule has 0 heterocycles. The minimum absolute atomic E-state index is 0.0131. The Morgan fingerprint density at radius 3 is 2.81 bits per heavy atom. The van der Waals surface area contributed by atoms with E-state index < -0.39 is 0 Å². The second kappa shape index (κ2) is 7.31. The van der Waals surface area contributed by atoms with Crippen LogP contribution < -0.4 is 15.4 Å². The second-order valence-electron chi connectivity index (χ2n) is 5.19. The normalized spacial score (nSPS) is 19.7. The van der Waals surface area contributed by atoms with Crippen molar-refractivity contribution in [2.75, 3.05) is 19.7 Å². The molecular formula is C15H19ClN2O3. The molecule has 114 valence electrons. The van der Waals surface area contributed by atoms with E-state index in [1.54, 1.807) is 24.3 Å². The molecule has 5 nitrogen and oxygen atoms in total. The van der Waals surface area contributed by atoms with Crippen LogP contribution in [0.2, 0.25) is 5.02 Å². The van der Waals surface area contributed by atoms with Crippen molar-refractivity contribution in [2.45, 2.75) is 13.3 Å². The van der Waals surface area contributed by atoms with Gasteiger partial charge in [-0.3, -0.25) is 9.59 Å². The summed E-state index contributed by atoms with van der Waals surface area (Å²) in [4.78, 5) is 23.1. The molecule has 2 N–H and O–H groups in total. The first kappa shape index (κ1) is 15.6. The van der Waals surface area contributed by atoms with Crippen molar-refractivity contribution in [1.29, 1.82) is 0 Å². The molecule has 1 aromatic carbocycles. The molecule has 0 radical (unpaired) electrons. The van der Waals surface area contributed by atoms with Gasteiger partial charge in [-0.1, -0.05) is 24.6 Å². The summed E-state index contributed by atoms with van der Waals surface area (Å²) in [6.07, 6.45) is 0.918. The average molecular weight is 311 g/mol. The van der Waals surface area contributed by atoms with Gasteiger partial charge >= 0.3 is 0 Å². The smallest absolute Gasteiger partial charge is 0.239 e. The zero-order valence-corrected chi connectivity index (χ0v) is 12.7. The minimum atomic E-state index is -0.216. The molecule has 0 saturated heterocycles. The number of hydrogen-bond acceptors (Lipinski definition) is 3. The van der Waals surface area contributed by atoms with Crippen LogP contribution in [0, 0.1) is 11.8 Å². The second-order valence-corrected chi connectivity index (χ2v) is 5.63. The van der Waals surface area contributed by atoms with Crippen molar-refractivity contribution in [3.05, 3.63) is 29.3 Å². The van der Waals surface area contributed by atoms with Gasteiger partial charge in [0.1, 0.15) is 12.4 Å². The van der Waals surface area contributed by atoms with Crippen LogP contribution in [-0.2, 0) is 9.59 Å². The largest absolute Gasteiger partial charge is 0.492 e. The monoisotopic (exact) mass is 310 g/mol. The maximum Gasteiger partial charge on any atom is 0.239 e. The lowest BCUT2D eigenvalue weighted by Gasteiger charge is -2.08. The number of hydrogen-bond donors (Lipinski definition) is 2. The van der Waals surface area contributed by atoms with E-state index >= 15 is 0 Å². The standard InChI is InChI=1S/C15H19ClN2O3/c1-10-7-13(10)15(20)18-9-14(19)17-5-6-21-12-4-2-3-11(16)8-12/h2-4,8,10,13H,5-7,9H2,1H3,(H,17,19)(H,18,20)/t10-,13-/m1/s1. The van der Waals surface area contributed by atoms with Gasteiger partial charge in [0.25, 0.3) is 0 Å². The molecule has 1 aliphatic carbocycles. The molecule has 0 aliphatic heterocycles. The topological polar surface area (TPSA) is 67.4 Å². The van der Waals surface area contributed by atoms with E-state index in [0.29, 0.717) is 29.8 Å². The Bertz CT molecular complexity index is 521. The lowest BCUT2D eigenvalue weighted by molar-refractivity contribution is -0.127. The summed E-state index contributed by atoms with van der Waals surface area (Å²) in [6.45, 7) is 2.76. The van der Waals surface area contributed by atoms with Crippen LogP contribution in [0.3, 0.4) is 0 Å². The molecule has 2 amide bonds. The average Bonchev–Trinajstić information content (AvgIpc) is 3.18. The lowest BCUT2D eigenvalue weighted by atomic mass is 10.3. The molecular weight excluding hydrogens is 292 g/mol. The van der Waals surface area contributed by atoms with Crippen molar-refractivity contribution in [1.82, 2.24) is 10.6 Å². The zero-order chi connectivity index (χ0) is 15.2. The summed E-state index contributed by atoms with van der Waals surface area (Å²) >= 11 is 5.83. The van der Waals surface area contributed by atoms with Crippen LogP contribution in [0.15, 0.2) is 24.3 Å². The maximum absolute atomic E-state index is 11.5. The first-order chi connectivity index (χ1) is 10.1. The van der Waals surface area contributed by atoms with Crippen molar-refractivity contribution in [3.63, 3.8) is 0 Å². The molecule has 0 unspecified atom stereocenters. The number of benzene rings is 1. The molecule has 1 aliphatic rings. The molecule has 21 heavy (non-hydrogen) atoms. The quantitative estimate of drug-likeness (QED) is 0.752. The third-order valence-electron chi connectivity index (χ3n) is 3.36. The molecule has 1 saturated carbocycles. The Kier molecular flexibility index (Phi) is 5.44. The highest BCUT2D eigenvalue weighted by atomic mass is 35.5. The van der Waals surface area contributed by atoms with Crippen molar-refractivity contribution < 1.29 is 14.3 Å². The van der Waals surface area contributed by atoms with E-state index in [-0.39, 0.29) is 24.3 Å². The Hall–Kier alpha value is -1.75. The number of halogens is 1. The van der Waals surface area contributed by atoms with Crippen molar-refractivity contribution in [3.8, 4) is 5.75 Å². The zero-order valence-electron chi connectivity index (χ0n) is 11.9. The maximum atomic E-state index is 11.5. The number of ether oxygens (including phenoxy) is 1. The van der Waals surface area contributed by atoms with Gasteiger partial charge in [0.15, 0.2) is 0 Å². The number of amides is 2. The lowest BCUT2D eigenvalue weighted by Crippen LogP contribution is -2.39. The van der Waals surface area contributed by atoms with Gasteiger partial charge in [-0.2, -0.15) is 0 Å². The summed E-state index contributed by atoms with van der Waals surface area (Å²) in [7, 11) is 0. The van der Waals surface area contributed by atoms with Gasteiger partial charge in [-0.05, 0) is 30.5 Å². The van der Waals surface area contributed by atoms with Gasteiger partial charge < -0.3 is 15.4 Å². The van der Waals surface area contributed by atoms with Gasteiger partial charge in [-0.25, -0.2) is 0 Å².